The van der Waals surface area contributed by atoms with Crippen LogP contribution in [-0.2, 0) is 4.79 Å². The molecular formula is C9H14O2. The monoisotopic (exact) mass is 154 g/mol. The Bertz CT molecular complexity index is 202. The van der Waals surface area contributed by atoms with Crippen LogP contribution in [0.4, 0.5) is 0 Å². The molecule has 0 radical (unpaired) electrons. The summed E-state index contributed by atoms with van der Waals surface area (Å²) in [6.45, 7) is 3.98. The van der Waals surface area contributed by atoms with Crippen LogP contribution >= 0.6 is 0 Å². The molecule has 1 aliphatic rings. The molecule has 0 amide bonds. The van der Waals surface area contributed by atoms with Gasteiger partial charge in [0, 0.05) is 12.0 Å². The molecule has 0 aliphatic heterocycles. The van der Waals surface area contributed by atoms with E-state index in [0.29, 0.717) is 12.0 Å². The highest BCUT2D eigenvalue weighted by Crippen LogP contribution is 2.37. The fourth-order valence-corrected chi connectivity index (χ4v) is 1.58. The standard InChI is InChI=1S/C9H14O2/c1-9(2)5-3-4-8(11)7(9)6-10/h6,10H,3-5H2,1-2H3. The number of aliphatic hydroxyl groups excluding tert-OH is 1. The maximum absolute atomic E-state index is 11.2. The van der Waals surface area contributed by atoms with Crippen molar-refractivity contribution in [1.29, 1.82) is 0 Å². The Labute approximate surface area is 66.9 Å². The van der Waals surface area contributed by atoms with E-state index in [1.807, 2.05) is 13.8 Å². The first-order valence-corrected chi connectivity index (χ1v) is 3.96. The summed E-state index contributed by atoms with van der Waals surface area (Å²) < 4.78 is 0. The number of Topliss-reactive ketones (excluding diaryl/α,β-unsaturated/α-hetero) is 1. The van der Waals surface area contributed by atoms with Crippen molar-refractivity contribution >= 4 is 5.78 Å². The van der Waals surface area contributed by atoms with Gasteiger partial charge >= 0.3 is 0 Å². The molecule has 0 aromatic heterocycles. The van der Waals surface area contributed by atoms with E-state index in [2.05, 4.69) is 0 Å². The van der Waals surface area contributed by atoms with E-state index in [9.17, 15) is 4.79 Å². The Morgan fingerprint density at radius 2 is 2.18 bits per heavy atom. The molecule has 0 aromatic carbocycles. The van der Waals surface area contributed by atoms with Gasteiger partial charge in [-0.15, -0.1) is 0 Å². The molecule has 0 spiro atoms. The van der Waals surface area contributed by atoms with Crippen molar-refractivity contribution in [1.82, 2.24) is 0 Å². The van der Waals surface area contributed by atoms with Gasteiger partial charge in [-0.2, -0.15) is 0 Å². The molecule has 1 fully saturated rings. The SMILES string of the molecule is CC1(C)CCCC(=O)C1=CO. The molecule has 2 heteroatoms. The zero-order valence-corrected chi connectivity index (χ0v) is 7.05. The van der Waals surface area contributed by atoms with Gasteiger partial charge in [0.15, 0.2) is 5.78 Å². The minimum atomic E-state index is -0.121. The van der Waals surface area contributed by atoms with Crippen LogP contribution in [0.3, 0.4) is 0 Å². The Morgan fingerprint density at radius 1 is 1.55 bits per heavy atom. The molecule has 1 rings (SSSR count). The summed E-state index contributed by atoms with van der Waals surface area (Å²) in [6, 6.07) is 0. The van der Waals surface area contributed by atoms with Crippen LogP contribution in [0.1, 0.15) is 33.1 Å². The van der Waals surface area contributed by atoms with Crippen LogP contribution < -0.4 is 0 Å². The molecule has 0 saturated heterocycles. The maximum Gasteiger partial charge on any atom is 0.162 e. The predicted molar refractivity (Wildman–Crippen MR) is 43.4 cm³/mol. The quantitative estimate of drug-likeness (QED) is 0.429. The van der Waals surface area contributed by atoms with E-state index >= 15 is 0 Å². The molecule has 1 aliphatic carbocycles. The second-order valence-corrected chi connectivity index (χ2v) is 3.70. The second-order valence-electron chi connectivity index (χ2n) is 3.70. The second kappa shape index (κ2) is 2.68. The smallest absolute Gasteiger partial charge is 0.162 e. The summed E-state index contributed by atoms with van der Waals surface area (Å²) in [6.07, 6.45) is 3.51. The molecular weight excluding hydrogens is 140 g/mol. The lowest BCUT2D eigenvalue weighted by Gasteiger charge is -2.30. The Kier molecular flexibility index (Phi) is 2.03. The molecule has 0 heterocycles. The summed E-state index contributed by atoms with van der Waals surface area (Å²) in [5.74, 6) is 0.101. The molecule has 0 unspecified atom stereocenters. The zero-order valence-electron chi connectivity index (χ0n) is 7.05. The van der Waals surface area contributed by atoms with Gasteiger partial charge in [-0.3, -0.25) is 4.79 Å². The van der Waals surface area contributed by atoms with Gasteiger partial charge in [0.25, 0.3) is 0 Å². The summed E-state index contributed by atoms with van der Waals surface area (Å²) in [5.41, 5.74) is 0.466. The minimum absolute atomic E-state index is 0.101. The van der Waals surface area contributed by atoms with Gasteiger partial charge in [0.05, 0.1) is 6.26 Å². The van der Waals surface area contributed by atoms with E-state index in [4.69, 9.17) is 5.11 Å². The number of ketones is 1. The Balaban J connectivity index is 2.90. The summed E-state index contributed by atoms with van der Waals surface area (Å²) >= 11 is 0. The Morgan fingerprint density at radius 3 is 2.55 bits per heavy atom. The molecule has 0 aromatic rings. The van der Waals surface area contributed by atoms with Gasteiger partial charge in [0.1, 0.15) is 0 Å². The van der Waals surface area contributed by atoms with Crippen molar-refractivity contribution in [3.63, 3.8) is 0 Å². The largest absolute Gasteiger partial charge is 0.515 e. The van der Waals surface area contributed by atoms with Crippen LogP contribution in [0, 0.1) is 5.41 Å². The lowest BCUT2D eigenvalue weighted by Crippen LogP contribution is -2.26. The highest BCUT2D eigenvalue weighted by Gasteiger charge is 2.32. The Hall–Kier alpha value is -0.790. The van der Waals surface area contributed by atoms with Gasteiger partial charge in [-0.1, -0.05) is 13.8 Å². The van der Waals surface area contributed by atoms with E-state index in [1.54, 1.807) is 0 Å². The fourth-order valence-electron chi connectivity index (χ4n) is 1.58. The molecule has 2 nitrogen and oxygen atoms in total. The van der Waals surface area contributed by atoms with Crippen molar-refractivity contribution in [2.24, 2.45) is 5.41 Å². The van der Waals surface area contributed by atoms with Gasteiger partial charge in [-0.05, 0) is 18.3 Å². The van der Waals surface area contributed by atoms with Gasteiger partial charge in [0.2, 0.25) is 0 Å². The number of carbonyl (C=O) groups excluding carboxylic acids is 1. The molecule has 0 atom stereocenters. The number of rotatable bonds is 0. The lowest BCUT2D eigenvalue weighted by atomic mass is 9.73. The van der Waals surface area contributed by atoms with Crippen LogP contribution in [-0.4, -0.2) is 10.9 Å². The van der Waals surface area contributed by atoms with Crippen molar-refractivity contribution in [2.45, 2.75) is 33.1 Å². The number of hydrogen-bond donors (Lipinski definition) is 1. The third-order valence-electron chi connectivity index (χ3n) is 2.36. The fraction of sp³-hybridized carbons (Fsp3) is 0.667. The summed E-state index contributed by atoms with van der Waals surface area (Å²) in [4.78, 5) is 11.2. The highest BCUT2D eigenvalue weighted by molar-refractivity contribution is 5.96. The average Bonchev–Trinajstić information content (AvgIpc) is 1.86. The van der Waals surface area contributed by atoms with Gasteiger partial charge in [-0.25, -0.2) is 0 Å². The normalized spacial score (nSPS) is 27.5. The average molecular weight is 154 g/mol. The first-order chi connectivity index (χ1) is 5.08. The summed E-state index contributed by atoms with van der Waals surface area (Å²) in [5, 5.41) is 8.81. The molecule has 11 heavy (non-hydrogen) atoms. The first-order valence-electron chi connectivity index (χ1n) is 3.96. The van der Waals surface area contributed by atoms with E-state index in [1.165, 1.54) is 0 Å². The van der Waals surface area contributed by atoms with Crippen molar-refractivity contribution < 1.29 is 9.90 Å². The predicted octanol–water partition coefficient (Wildman–Crippen LogP) is 2.21. The molecule has 62 valence electrons. The molecule has 1 N–H and O–H groups in total. The summed E-state index contributed by atoms with van der Waals surface area (Å²) in [7, 11) is 0. The maximum atomic E-state index is 11.2. The molecule has 1 saturated carbocycles. The van der Waals surface area contributed by atoms with Crippen LogP contribution in [0.2, 0.25) is 0 Å². The van der Waals surface area contributed by atoms with Crippen molar-refractivity contribution in [3.8, 4) is 0 Å². The third-order valence-corrected chi connectivity index (χ3v) is 2.36. The van der Waals surface area contributed by atoms with Gasteiger partial charge < -0.3 is 5.11 Å². The van der Waals surface area contributed by atoms with Crippen LogP contribution in [0.25, 0.3) is 0 Å². The number of aliphatic hydroxyl groups is 1. The van der Waals surface area contributed by atoms with E-state index in [0.717, 1.165) is 19.1 Å². The topological polar surface area (TPSA) is 37.3 Å². The van der Waals surface area contributed by atoms with Crippen molar-refractivity contribution in [2.75, 3.05) is 0 Å². The first kappa shape index (κ1) is 8.31. The lowest BCUT2D eigenvalue weighted by molar-refractivity contribution is -0.118. The van der Waals surface area contributed by atoms with Crippen molar-refractivity contribution in [3.05, 3.63) is 11.8 Å². The number of carbonyl (C=O) groups is 1. The van der Waals surface area contributed by atoms with E-state index < -0.39 is 0 Å². The number of allylic oxidation sites excluding steroid dienone is 1. The van der Waals surface area contributed by atoms with Crippen LogP contribution in [0.5, 0.6) is 0 Å². The minimum Gasteiger partial charge on any atom is -0.515 e. The third kappa shape index (κ3) is 1.44. The molecule has 0 bridgehead atoms. The van der Waals surface area contributed by atoms with Crippen LogP contribution in [0.15, 0.2) is 11.8 Å². The zero-order chi connectivity index (χ0) is 8.48. The number of hydrogen-bond acceptors (Lipinski definition) is 2. The van der Waals surface area contributed by atoms with E-state index in [-0.39, 0.29) is 11.2 Å². The highest BCUT2D eigenvalue weighted by atomic mass is 16.2.